The van der Waals surface area contributed by atoms with E-state index in [1.165, 1.54) is 40.5 Å². The Morgan fingerprint density at radius 3 is 2.19 bits per heavy atom. The van der Waals surface area contributed by atoms with Crippen LogP contribution in [0, 0.1) is 0 Å². The van der Waals surface area contributed by atoms with Crippen LogP contribution in [0.4, 0.5) is 0 Å². The number of nitrogens with zero attached hydrogens (tertiary/aromatic N) is 2. The molecule has 0 aliphatic heterocycles. The maximum atomic E-state index is 13.2. The maximum absolute atomic E-state index is 13.2. The number of hydrogen-bond acceptors (Lipinski definition) is 7. The Bertz CT molecular complexity index is 1910. The van der Waals surface area contributed by atoms with E-state index < -0.39 is 24.3 Å². The predicted octanol–water partition coefficient (Wildman–Crippen LogP) is 5.90. The average Bonchev–Trinajstić information content (AvgIpc) is 3.70. The zero-order valence-electron chi connectivity index (χ0n) is 26.8. The van der Waals surface area contributed by atoms with E-state index in [9.17, 15) is 19.8 Å². The third-order valence-corrected chi connectivity index (χ3v) is 9.95. The highest BCUT2D eigenvalue weighted by molar-refractivity contribution is 7.14. The van der Waals surface area contributed by atoms with E-state index in [2.05, 4.69) is 83.8 Å². The fourth-order valence-electron chi connectivity index (χ4n) is 5.68. The van der Waals surface area contributed by atoms with E-state index in [-0.39, 0.29) is 17.7 Å². The molecule has 0 unspecified atom stereocenters. The number of rotatable bonds is 9. The van der Waals surface area contributed by atoms with Gasteiger partial charge < -0.3 is 20.8 Å². The molecule has 5 aromatic rings. The lowest BCUT2D eigenvalue weighted by Crippen LogP contribution is -2.52. The van der Waals surface area contributed by atoms with Gasteiger partial charge in [-0.3, -0.25) is 9.59 Å². The van der Waals surface area contributed by atoms with Gasteiger partial charge in [-0.15, -0.1) is 11.3 Å². The summed E-state index contributed by atoms with van der Waals surface area (Å²) in [6.45, 7) is 7.72. The van der Waals surface area contributed by atoms with Gasteiger partial charge >= 0.3 is 0 Å². The van der Waals surface area contributed by atoms with E-state index in [4.69, 9.17) is 0 Å². The molecule has 0 saturated carbocycles. The fraction of sp³-hybridized carbons (Fsp3) is 0.263. The second-order valence-electron chi connectivity index (χ2n) is 13.1. The Balaban J connectivity index is 1.15. The van der Waals surface area contributed by atoms with E-state index in [0.717, 1.165) is 33.6 Å². The fourth-order valence-corrected chi connectivity index (χ4v) is 6.64. The molecule has 4 N–H and O–H groups in total. The molecule has 2 amide bonds. The summed E-state index contributed by atoms with van der Waals surface area (Å²) < 4.78 is 0. The van der Waals surface area contributed by atoms with E-state index in [1.54, 1.807) is 6.07 Å². The molecule has 1 aliphatic rings. The lowest BCUT2D eigenvalue weighted by molar-refractivity contribution is -0.128. The van der Waals surface area contributed by atoms with Crippen molar-refractivity contribution < 1.29 is 19.8 Å². The minimum absolute atomic E-state index is 0.104. The van der Waals surface area contributed by atoms with Gasteiger partial charge in [-0.2, -0.15) is 0 Å². The summed E-state index contributed by atoms with van der Waals surface area (Å²) in [5.41, 5.74) is 8.77. The van der Waals surface area contributed by atoms with Crippen LogP contribution in [0.2, 0.25) is 0 Å². The van der Waals surface area contributed by atoms with E-state index in [0.29, 0.717) is 10.7 Å². The summed E-state index contributed by atoms with van der Waals surface area (Å²) in [7, 11) is 0. The van der Waals surface area contributed by atoms with Crippen molar-refractivity contribution in [2.24, 2.45) is 0 Å². The molecule has 8 nitrogen and oxygen atoms in total. The van der Waals surface area contributed by atoms with Gasteiger partial charge in [0.15, 0.2) is 12.1 Å². The number of hydrogen-bond donors (Lipinski definition) is 4. The average molecular weight is 647 g/mol. The number of amides is 2. The molecule has 0 spiro atoms. The van der Waals surface area contributed by atoms with Gasteiger partial charge in [0, 0.05) is 34.8 Å². The normalized spacial score (nSPS) is 13.5. The first kappa shape index (κ1) is 32.2. The van der Waals surface area contributed by atoms with Crippen LogP contribution in [0.3, 0.4) is 0 Å². The topological polar surface area (TPSA) is 124 Å². The minimum atomic E-state index is -1.73. The highest BCUT2D eigenvalue weighted by Gasteiger charge is 2.26. The molecule has 6 rings (SSSR count). The summed E-state index contributed by atoms with van der Waals surface area (Å²) in [6, 6.07) is 24.4. The van der Waals surface area contributed by atoms with Crippen LogP contribution in [-0.2, 0) is 23.1 Å². The Labute approximate surface area is 278 Å². The van der Waals surface area contributed by atoms with Crippen molar-refractivity contribution in [3.05, 3.63) is 118 Å². The molecule has 2 heterocycles. The standard InChI is InChI=1S/C38H38N4O4S/c1-22(37(45)46)41-35(43)31(42-36(44)32-15-16-33(47-32)38(2,3)4)17-23-9-11-24(12-10-23)34-39-20-28(21-40-34)25-13-14-30-27(18-25)19-26-7-5-6-8-29(26)30/h5-16,18,20-22,31,37,45-46H,17,19H2,1-4H3,(H,41,43)(H,42,44)/t22-,31+/m1/s1. The molecule has 3 aromatic carbocycles. The van der Waals surface area contributed by atoms with Gasteiger partial charge in [-0.25, -0.2) is 9.97 Å². The lowest BCUT2D eigenvalue weighted by atomic mass is 9.95. The number of aromatic nitrogens is 2. The molecule has 1 aliphatic carbocycles. The van der Waals surface area contributed by atoms with Gasteiger partial charge in [0.2, 0.25) is 5.91 Å². The van der Waals surface area contributed by atoms with E-state index >= 15 is 0 Å². The number of thiophene rings is 1. The number of fused-ring (bicyclic) bond motifs is 3. The predicted molar refractivity (Wildman–Crippen MR) is 185 cm³/mol. The Kier molecular flexibility index (Phi) is 9.05. The van der Waals surface area contributed by atoms with Crippen molar-refractivity contribution in [1.29, 1.82) is 0 Å². The third kappa shape index (κ3) is 7.17. The second kappa shape index (κ2) is 13.2. The quantitative estimate of drug-likeness (QED) is 0.145. The number of nitrogens with one attached hydrogen (secondary N) is 2. The Morgan fingerprint density at radius 2 is 1.51 bits per heavy atom. The van der Waals surface area contributed by atoms with Crippen molar-refractivity contribution in [3.63, 3.8) is 0 Å². The molecule has 2 atom stereocenters. The number of carbonyl (C=O) groups is 2. The number of carbonyl (C=O) groups excluding carboxylic acids is 2. The SMILES string of the molecule is C[C@@H](NC(=O)[C@H](Cc1ccc(-c2ncc(-c3ccc4c(c3)Cc3ccccc3-4)cn2)cc1)NC(=O)c1ccc(C(C)(C)C)s1)C(O)O. The second-order valence-corrected chi connectivity index (χ2v) is 14.1. The van der Waals surface area contributed by atoms with Crippen LogP contribution in [0.5, 0.6) is 0 Å². The summed E-state index contributed by atoms with van der Waals surface area (Å²) in [5, 5.41) is 24.5. The first-order valence-electron chi connectivity index (χ1n) is 15.7. The first-order chi connectivity index (χ1) is 22.5. The minimum Gasteiger partial charge on any atom is -0.366 e. The van der Waals surface area contributed by atoms with E-state index in [1.807, 2.05) is 42.7 Å². The van der Waals surface area contributed by atoms with Crippen LogP contribution < -0.4 is 10.6 Å². The van der Waals surface area contributed by atoms with Crippen molar-refractivity contribution in [2.75, 3.05) is 0 Å². The van der Waals surface area contributed by atoms with Crippen LogP contribution in [0.15, 0.2) is 91.3 Å². The highest BCUT2D eigenvalue weighted by atomic mass is 32.1. The zero-order chi connectivity index (χ0) is 33.3. The summed E-state index contributed by atoms with van der Waals surface area (Å²) in [4.78, 5) is 37.2. The molecule has 0 fully saturated rings. The van der Waals surface area contributed by atoms with Crippen molar-refractivity contribution in [3.8, 4) is 33.6 Å². The monoisotopic (exact) mass is 646 g/mol. The van der Waals surface area contributed by atoms with Crippen molar-refractivity contribution >= 4 is 23.2 Å². The van der Waals surface area contributed by atoms with Crippen LogP contribution in [0.25, 0.3) is 33.6 Å². The third-order valence-electron chi connectivity index (χ3n) is 8.44. The van der Waals surface area contributed by atoms with Crippen LogP contribution in [-0.4, -0.2) is 50.4 Å². The molecule has 0 radical (unpaired) electrons. The van der Waals surface area contributed by atoms with Crippen molar-refractivity contribution in [2.45, 2.75) is 64.3 Å². The maximum Gasteiger partial charge on any atom is 0.262 e. The Morgan fingerprint density at radius 1 is 0.830 bits per heavy atom. The molecule has 240 valence electrons. The lowest BCUT2D eigenvalue weighted by Gasteiger charge is -2.22. The first-order valence-corrected chi connectivity index (χ1v) is 16.5. The summed E-state index contributed by atoms with van der Waals surface area (Å²) >= 11 is 1.39. The molecule has 0 bridgehead atoms. The Hall–Kier alpha value is -4.70. The van der Waals surface area contributed by atoms with Gasteiger partial charge in [-0.1, -0.05) is 87.5 Å². The van der Waals surface area contributed by atoms with Crippen LogP contribution >= 0.6 is 11.3 Å². The summed E-state index contributed by atoms with van der Waals surface area (Å²) in [6.07, 6.45) is 3.06. The smallest absolute Gasteiger partial charge is 0.262 e. The molecule has 47 heavy (non-hydrogen) atoms. The van der Waals surface area contributed by atoms with Gasteiger partial charge in [0.1, 0.15) is 6.04 Å². The molecule has 2 aromatic heterocycles. The van der Waals surface area contributed by atoms with Gasteiger partial charge in [0.25, 0.3) is 5.91 Å². The number of aliphatic hydroxyl groups excluding tert-OH is 1. The zero-order valence-corrected chi connectivity index (χ0v) is 27.6. The molecular formula is C38H38N4O4S. The molecular weight excluding hydrogens is 609 g/mol. The van der Waals surface area contributed by atoms with Crippen LogP contribution in [0.1, 0.15) is 58.9 Å². The molecule has 0 saturated heterocycles. The van der Waals surface area contributed by atoms with Gasteiger partial charge in [-0.05, 0) is 64.3 Å². The van der Waals surface area contributed by atoms with Gasteiger partial charge in [0.05, 0.1) is 10.9 Å². The number of aliphatic hydroxyl groups is 2. The largest absolute Gasteiger partial charge is 0.366 e. The molecule has 9 heteroatoms. The van der Waals surface area contributed by atoms with Crippen molar-refractivity contribution in [1.82, 2.24) is 20.6 Å². The number of benzene rings is 3. The highest BCUT2D eigenvalue weighted by Crippen LogP contribution is 2.38. The summed E-state index contributed by atoms with van der Waals surface area (Å²) in [5.74, 6) is -0.291.